The summed E-state index contributed by atoms with van der Waals surface area (Å²) in [6.07, 6.45) is 5.12. The van der Waals surface area contributed by atoms with E-state index >= 15 is 0 Å². The number of hydrogen-bond donors (Lipinski definition) is 4. The van der Waals surface area contributed by atoms with Gasteiger partial charge in [0.1, 0.15) is 23.1 Å². The molecule has 158 valence electrons. The van der Waals surface area contributed by atoms with Gasteiger partial charge in [0.25, 0.3) is 0 Å². The summed E-state index contributed by atoms with van der Waals surface area (Å²) in [7, 11) is 1.50. The van der Waals surface area contributed by atoms with Crippen molar-refractivity contribution in [2.45, 2.75) is 18.9 Å². The van der Waals surface area contributed by atoms with Crippen LogP contribution in [0.15, 0.2) is 40.2 Å². The van der Waals surface area contributed by atoms with Crippen LogP contribution >= 0.6 is 0 Å². The van der Waals surface area contributed by atoms with Crippen LogP contribution in [-0.2, 0) is 0 Å². The lowest BCUT2D eigenvalue weighted by Crippen LogP contribution is -2.20. The molecule has 1 saturated carbocycles. The van der Waals surface area contributed by atoms with Crippen LogP contribution < -0.4 is 26.4 Å². The molecule has 1 aromatic carbocycles. The summed E-state index contributed by atoms with van der Waals surface area (Å²) >= 11 is 0. The first-order valence-corrected chi connectivity index (χ1v) is 9.56. The molecule has 0 atom stereocenters. The highest BCUT2D eigenvalue weighted by atomic mass is 19.1. The van der Waals surface area contributed by atoms with Crippen LogP contribution in [0.2, 0.25) is 0 Å². The zero-order valence-electron chi connectivity index (χ0n) is 16.4. The number of benzene rings is 1. The molecule has 0 unspecified atom stereocenters. The van der Waals surface area contributed by atoms with Gasteiger partial charge in [-0.1, -0.05) is 0 Å². The highest BCUT2D eigenvalue weighted by molar-refractivity contribution is 5.66. The van der Waals surface area contributed by atoms with Crippen molar-refractivity contribution in [3.63, 3.8) is 0 Å². The van der Waals surface area contributed by atoms with Gasteiger partial charge in [0.05, 0.1) is 25.0 Å². The number of ether oxygens (including phenoxy) is 1. The lowest BCUT2D eigenvalue weighted by atomic mass is 10.3. The zero-order chi connectivity index (χ0) is 21.5. The van der Waals surface area contributed by atoms with Gasteiger partial charge < -0.3 is 20.1 Å². The van der Waals surface area contributed by atoms with Crippen molar-refractivity contribution in [1.82, 2.24) is 24.6 Å². The fourth-order valence-corrected chi connectivity index (χ4v) is 3.18. The Morgan fingerprint density at radius 2 is 2.19 bits per heavy atom. The average Bonchev–Trinajstić information content (AvgIpc) is 3.37. The smallest absolute Gasteiger partial charge is 0.326 e. The highest BCUT2D eigenvalue weighted by Crippen LogP contribution is 2.27. The van der Waals surface area contributed by atoms with Crippen LogP contribution in [0.3, 0.4) is 0 Å². The Bertz CT molecular complexity index is 1470. The van der Waals surface area contributed by atoms with Crippen LogP contribution in [0.5, 0.6) is 11.6 Å². The second-order valence-electron chi connectivity index (χ2n) is 7.15. The molecule has 3 aromatic heterocycles. The number of aromatic hydroxyl groups is 1. The Morgan fingerprint density at radius 3 is 2.90 bits per heavy atom. The molecule has 0 amide bonds. The Hall–Kier alpha value is -4.15. The summed E-state index contributed by atoms with van der Waals surface area (Å²) in [5.41, 5.74) is 1.11. The van der Waals surface area contributed by atoms with Crippen molar-refractivity contribution < 1.29 is 14.2 Å². The van der Waals surface area contributed by atoms with Gasteiger partial charge >= 0.3 is 5.69 Å². The molecule has 0 aliphatic heterocycles. The maximum absolute atomic E-state index is 13.8. The molecule has 1 aliphatic carbocycles. The van der Waals surface area contributed by atoms with Gasteiger partial charge in [0.2, 0.25) is 5.88 Å². The summed E-state index contributed by atoms with van der Waals surface area (Å²) in [5, 5.41) is 17.9. The molecule has 31 heavy (non-hydrogen) atoms. The average molecular weight is 423 g/mol. The first-order chi connectivity index (χ1) is 15.0. The SMILES string of the molecule is COc1ccc(F)cc1Nc1cc(=NC2CC2)n2ncc(=Cc3[nH]c(=O)[nH]c3O)c2n1. The highest BCUT2D eigenvalue weighted by Gasteiger charge is 2.20. The van der Waals surface area contributed by atoms with E-state index < -0.39 is 11.5 Å². The number of nitrogens with zero attached hydrogens (tertiary/aromatic N) is 4. The van der Waals surface area contributed by atoms with E-state index in [1.807, 2.05) is 0 Å². The van der Waals surface area contributed by atoms with Crippen LogP contribution in [0.4, 0.5) is 15.9 Å². The van der Waals surface area contributed by atoms with Gasteiger partial charge in [-0.3, -0.25) is 9.98 Å². The summed E-state index contributed by atoms with van der Waals surface area (Å²) in [6, 6.07) is 6.09. The summed E-state index contributed by atoms with van der Waals surface area (Å²) < 4.78 is 20.7. The molecule has 11 heteroatoms. The number of halogens is 1. The van der Waals surface area contributed by atoms with Crippen LogP contribution in [0, 0.1) is 5.82 Å². The molecule has 3 heterocycles. The number of imidazole rings is 1. The predicted molar refractivity (Wildman–Crippen MR) is 110 cm³/mol. The maximum Gasteiger partial charge on any atom is 0.326 e. The van der Waals surface area contributed by atoms with Gasteiger partial charge in [0.15, 0.2) is 11.1 Å². The summed E-state index contributed by atoms with van der Waals surface area (Å²) in [4.78, 5) is 25.5. The molecule has 0 radical (unpaired) electrons. The molecule has 0 spiro atoms. The minimum absolute atomic E-state index is 0.201. The molecule has 5 rings (SSSR count). The number of H-pyrrole nitrogens is 2. The number of rotatable bonds is 5. The van der Waals surface area contributed by atoms with Crippen molar-refractivity contribution in [2.75, 3.05) is 12.4 Å². The van der Waals surface area contributed by atoms with Gasteiger partial charge in [-0.2, -0.15) is 9.61 Å². The lowest BCUT2D eigenvalue weighted by Gasteiger charge is -2.11. The third-order valence-corrected chi connectivity index (χ3v) is 4.80. The molecule has 4 N–H and O–H groups in total. The van der Waals surface area contributed by atoms with Gasteiger partial charge in [-0.25, -0.2) is 14.2 Å². The summed E-state index contributed by atoms with van der Waals surface area (Å²) in [6.45, 7) is 0. The fraction of sp³-hybridized carbons (Fsp3) is 0.200. The first-order valence-electron chi connectivity index (χ1n) is 9.56. The second kappa shape index (κ2) is 7.27. The van der Waals surface area contributed by atoms with Crippen molar-refractivity contribution in [1.29, 1.82) is 0 Å². The number of aromatic amines is 2. The maximum atomic E-state index is 13.8. The predicted octanol–water partition coefficient (Wildman–Crippen LogP) is 0.953. The zero-order valence-corrected chi connectivity index (χ0v) is 16.4. The van der Waals surface area contributed by atoms with E-state index in [2.05, 4.69) is 25.4 Å². The van der Waals surface area contributed by atoms with E-state index in [0.717, 1.165) is 12.8 Å². The third kappa shape index (κ3) is 3.72. The normalized spacial score (nSPS) is 15.0. The van der Waals surface area contributed by atoms with E-state index in [0.29, 0.717) is 33.6 Å². The van der Waals surface area contributed by atoms with E-state index in [9.17, 15) is 14.3 Å². The topological polar surface area (TPSA) is 133 Å². The van der Waals surface area contributed by atoms with Crippen molar-refractivity contribution in [2.24, 2.45) is 4.99 Å². The van der Waals surface area contributed by atoms with Gasteiger partial charge in [-0.15, -0.1) is 0 Å². The molecule has 0 saturated heterocycles. The molecule has 1 aliphatic rings. The van der Waals surface area contributed by atoms with E-state index in [4.69, 9.17) is 9.73 Å². The van der Waals surface area contributed by atoms with Gasteiger partial charge in [-0.05, 0) is 31.1 Å². The van der Waals surface area contributed by atoms with Crippen LogP contribution in [0.25, 0.3) is 11.7 Å². The van der Waals surface area contributed by atoms with Gasteiger partial charge in [0, 0.05) is 17.4 Å². The lowest BCUT2D eigenvalue weighted by molar-refractivity contribution is 0.416. The quantitative estimate of drug-likeness (QED) is 0.378. The molecule has 4 aromatic rings. The Morgan fingerprint density at radius 1 is 1.35 bits per heavy atom. The van der Waals surface area contributed by atoms with E-state index in [1.165, 1.54) is 25.3 Å². The molecular weight excluding hydrogens is 405 g/mol. The second-order valence-corrected chi connectivity index (χ2v) is 7.15. The third-order valence-electron chi connectivity index (χ3n) is 4.80. The largest absolute Gasteiger partial charge is 0.495 e. The number of fused-ring (bicyclic) bond motifs is 1. The number of nitrogens with one attached hydrogen (secondary N) is 3. The summed E-state index contributed by atoms with van der Waals surface area (Å²) in [5.74, 6) is 0.167. The minimum Gasteiger partial charge on any atom is -0.495 e. The number of aromatic nitrogens is 5. The number of hydrogen-bond acceptors (Lipinski definition) is 7. The van der Waals surface area contributed by atoms with Crippen molar-refractivity contribution in [3.05, 3.63) is 63.2 Å². The standard InChI is InChI=1S/C20H18FN7O3/c1-31-15-5-2-11(21)7-13(15)24-16-8-17(23-12-3-4-12)28-18(26-16)10(9-22-28)6-14-19(29)27-20(30)25-14/h2,5-9,12,24,29H,3-4H2,1H3,(H2,25,27,30). The monoisotopic (exact) mass is 423 g/mol. The van der Waals surface area contributed by atoms with Crippen LogP contribution in [-0.4, -0.2) is 42.8 Å². The van der Waals surface area contributed by atoms with E-state index in [1.54, 1.807) is 22.9 Å². The molecule has 0 bridgehead atoms. The van der Waals surface area contributed by atoms with Crippen molar-refractivity contribution >= 4 is 23.2 Å². The molecular formula is C20H18FN7O3. The Labute approximate surface area is 173 Å². The fourth-order valence-electron chi connectivity index (χ4n) is 3.18. The minimum atomic E-state index is -0.529. The first kappa shape index (κ1) is 18.9. The van der Waals surface area contributed by atoms with Crippen LogP contribution in [0.1, 0.15) is 18.5 Å². The Kier molecular flexibility index (Phi) is 4.42. The Balaban J connectivity index is 1.69. The van der Waals surface area contributed by atoms with Crippen molar-refractivity contribution in [3.8, 4) is 11.6 Å². The molecule has 1 fully saturated rings. The number of methoxy groups -OCH3 is 1. The van der Waals surface area contributed by atoms with E-state index in [-0.39, 0.29) is 17.6 Å². The number of anilines is 2. The molecule has 10 nitrogen and oxygen atoms in total.